The van der Waals surface area contributed by atoms with Crippen LogP contribution in [0.4, 0.5) is 5.69 Å². The van der Waals surface area contributed by atoms with Crippen molar-refractivity contribution in [1.29, 1.82) is 0 Å². The smallest absolute Gasteiger partial charge is 0.274 e. The molecule has 25 heavy (non-hydrogen) atoms. The third-order valence-electron chi connectivity index (χ3n) is 3.86. The molecule has 0 aliphatic heterocycles. The van der Waals surface area contributed by atoms with Gasteiger partial charge in [-0.2, -0.15) is 0 Å². The van der Waals surface area contributed by atoms with Gasteiger partial charge in [-0.3, -0.25) is 9.59 Å². The van der Waals surface area contributed by atoms with E-state index in [-0.39, 0.29) is 11.5 Å². The zero-order chi connectivity index (χ0) is 17.6. The maximum Gasteiger partial charge on any atom is 0.274 e. The molecule has 1 amide bonds. The van der Waals surface area contributed by atoms with E-state index in [9.17, 15) is 9.59 Å². The molecule has 2 heterocycles. The Bertz CT molecular complexity index is 899. The van der Waals surface area contributed by atoms with Gasteiger partial charge in [0.15, 0.2) is 0 Å². The summed E-state index contributed by atoms with van der Waals surface area (Å²) < 4.78 is 1.60. The van der Waals surface area contributed by atoms with Crippen molar-refractivity contribution in [2.75, 3.05) is 5.32 Å². The Morgan fingerprint density at radius 2 is 2.04 bits per heavy atom. The highest BCUT2D eigenvalue weighted by molar-refractivity contribution is 7.07. The summed E-state index contributed by atoms with van der Waals surface area (Å²) in [6.07, 6.45) is 2.60. The molecule has 3 aromatic rings. The van der Waals surface area contributed by atoms with E-state index in [1.54, 1.807) is 28.4 Å². The molecular weight excluding hydrogens is 334 g/mol. The highest BCUT2D eigenvalue weighted by atomic mass is 32.1. The number of hydrogen-bond donors (Lipinski definition) is 1. The molecule has 3 rings (SSSR count). The summed E-state index contributed by atoms with van der Waals surface area (Å²) in [6.45, 7) is 2.50. The highest BCUT2D eigenvalue weighted by Gasteiger charge is 2.09. The van der Waals surface area contributed by atoms with Crippen molar-refractivity contribution in [2.24, 2.45) is 0 Å². The Balaban J connectivity index is 1.67. The van der Waals surface area contributed by atoms with Crippen molar-refractivity contribution < 1.29 is 4.79 Å². The van der Waals surface area contributed by atoms with Gasteiger partial charge in [-0.25, -0.2) is 4.98 Å². The average molecular weight is 353 g/mol. The predicted octanol–water partition coefficient (Wildman–Crippen LogP) is 3.23. The van der Waals surface area contributed by atoms with Crippen molar-refractivity contribution in [3.8, 4) is 0 Å². The minimum atomic E-state index is -0.204. The van der Waals surface area contributed by atoms with E-state index in [1.165, 1.54) is 16.9 Å². The molecule has 1 N–H and O–H groups in total. The summed E-state index contributed by atoms with van der Waals surface area (Å²) in [5, 5.41) is 4.63. The van der Waals surface area contributed by atoms with Gasteiger partial charge in [0.2, 0.25) is 5.91 Å². The molecule has 0 atom stereocenters. The summed E-state index contributed by atoms with van der Waals surface area (Å²) in [5.41, 5.74) is 4.96. The third-order valence-corrected chi connectivity index (χ3v) is 4.49. The van der Waals surface area contributed by atoms with E-state index in [0.29, 0.717) is 25.1 Å². The lowest BCUT2D eigenvalue weighted by Crippen LogP contribution is -2.25. The molecule has 2 aromatic heterocycles. The van der Waals surface area contributed by atoms with Crippen LogP contribution in [0.15, 0.2) is 58.3 Å². The van der Waals surface area contributed by atoms with Gasteiger partial charge in [0.05, 0.1) is 17.7 Å². The molecule has 0 aliphatic rings. The molecular formula is C19H19N3O2S. The topological polar surface area (TPSA) is 64.0 Å². The first-order valence-electron chi connectivity index (χ1n) is 8.04. The molecule has 128 valence electrons. The van der Waals surface area contributed by atoms with Crippen molar-refractivity contribution >= 4 is 22.9 Å². The Morgan fingerprint density at radius 1 is 1.24 bits per heavy atom. The number of amides is 1. The lowest BCUT2D eigenvalue weighted by atomic mass is 10.1. The van der Waals surface area contributed by atoms with E-state index in [0.717, 1.165) is 11.3 Å². The molecule has 6 heteroatoms. The van der Waals surface area contributed by atoms with E-state index in [4.69, 9.17) is 0 Å². The van der Waals surface area contributed by atoms with E-state index >= 15 is 0 Å². The Morgan fingerprint density at radius 3 is 2.76 bits per heavy atom. The van der Waals surface area contributed by atoms with Crippen LogP contribution in [0.1, 0.15) is 23.2 Å². The van der Waals surface area contributed by atoms with Gasteiger partial charge in [0, 0.05) is 18.0 Å². The van der Waals surface area contributed by atoms with Crippen LogP contribution < -0.4 is 10.9 Å². The average Bonchev–Trinajstić information content (AvgIpc) is 3.12. The molecule has 0 saturated carbocycles. The van der Waals surface area contributed by atoms with Crippen LogP contribution in [0.5, 0.6) is 0 Å². The fraction of sp³-hybridized carbons (Fsp3) is 0.211. The van der Waals surface area contributed by atoms with Crippen LogP contribution in [0.25, 0.3) is 0 Å². The normalized spacial score (nSPS) is 10.6. The zero-order valence-corrected chi connectivity index (χ0v) is 14.8. The monoisotopic (exact) mass is 353 g/mol. The van der Waals surface area contributed by atoms with Crippen LogP contribution >= 0.6 is 11.3 Å². The lowest BCUT2D eigenvalue weighted by molar-refractivity contribution is -0.116. The van der Waals surface area contributed by atoms with E-state index in [1.807, 2.05) is 36.6 Å². The summed E-state index contributed by atoms with van der Waals surface area (Å²) in [6, 6.07) is 11.4. The predicted molar refractivity (Wildman–Crippen MR) is 100 cm³/mol. The Kier molecular flexibility index (Phi) is 5.40. The number of aromatic nitrogens is 2. The molecule has 0 spiro atoms. The van der Waals surface area contributed by atoms with Gasteiger partial charge in [0.1, 0.15) is 5.69 Å². The molecule has 5 nitrogen and oxygen atoms in total. The second kappa shape index (κ2) is 7.90. The number of hydrogen-bond acceptors (Lipinski definition) is 4. The molecule has 0 saturated heterocycles. The van der Waals surface area contributed by atoms with Crippen LogP contribution in [-0.4, -0.2) is 15.5 Å². The van der Waals surface area contributed by atoms with Crippen LogP contribution in [-0.2, 0) is 17.8 Å². The fourth-order valence-corrected chi connectivity index (χ4v) is 3.05. The van der Waals surface area contributed by atoms with Crippen molar-refractivity contribution in [2.45, 2.75) is 26.3 Å². The number of aryl methyl sites for hydroxylation is 2. The summed E-state index contributed by atoms with van der Waals surface area (Å²) in [5.74, 6) is -0.182. The molecule has 0 aliphatic carbocycles. The number of anilines is 1. The van der Waals surface area contributed by atoms with Crippen LogP contribution in [0, 0.1) is 6.92 Å². The number of benzene rings is 1. The quantitative estimate of drug-likeness (QED) is 0.740. The second-order valence-corrected chi connectivity index (χ2v) is 6.59. The lowest BCUT2D eigenvalue weighted by Gasteiger charge is -2.09. The molecule has 0 bridgehead atoms. The molecule has 1 aromatic carbocycles. The van der Waals surface area contributed by atoms with Crippen molar-refractivity contribution in [1.82, 2.24) is 9.55 Å². The molecule has 0 unspecified atom stereocenters. The Labute approximate surface area is 150 Å². The third kappa shape index (κ3) is 4.64. The van der Waals surface area contributed by atoms with Gasteiger partial charge >= 0.3 is 0 Å². The number of nitrogens with zero attached hydrogens (tertiary/aromatic N) is 2. The van der Waals surface area contributed by atoms with Crippen molar-refractivity contribution in [3.05, 3.63) is 80.7 Å². The maximum atomic E-state index is 12.5. The first-order valence-corrected chi connectivity index (χ1v) is 8.98. The SMILES string of the molecule is Cc1ccc(Cn2cccc(NC(=O)CCc3cscn3)c2=O)cc1. The first kappa shape index (κ1) is 17.1. The minimum absolute atomic E-state index is 0.182. The van der Waals surface area contributed by atoms with Crippen molar-refractivity contribution in [3.63, 3.8) is 0 Å². The Hall–Kier alpha value is -2.73. The number of nitrogens with one attached hydrogen (secondary N) is 1. The van der Waals surface area contributed by atoms with Gasteiger partial charge in [-0.15, -0.1) is 11.3 Å². The van der Waals surface area contributed by atoms with Crippen LogP contribution in [0.2, 0.25) is 0 Å². The number of carbonyl (C=O) groups is 1. The summed E-state index contributed by atoms with van der Waals surface area (Å²) in [7, 11) is 0. The minimum Gasteiger partial charge on any atom is -0.321 e. The summed E-state index contributed by atoms with van der Waals surface area (Å²) in [4.78, 5) is 28.8. The number of rotatable bonds is 6. The molecule has 0 fully saturated rings. The first-order chi connectivity index (χ1) is 12.1. The van der Waals surface area contributed by atoms with E-state index in [2.05, 4.69) is 10.3 Å². The summed E-state index contributed by atoms with van der Waals surface area (Å²) >= 11 is 1.51. The largest absolute Gasteiger partial charge is 0.321 e. The van der Waals surface area contributed by atoms with Gasteiger partial charge < -0.3 is 9.88 Å². The molecule has 0 radical (unpaired) electrons. The van der Waals surface area contributed by atoms with Gasteiger partial charge in [-0.05, 0) is 31.0 Å². The second-order valence-electron chi connectivity index (χ2n) is 5.87. The number of pyridine rings is 1. The fourth-order valence-electron chi connectivity index (χ4n) is 2.46. The number of carbonyl (C=O) groups excluding carboxylic acids is 1. The van der Waals surface area contributed by atoms with Gasteiger partial charge in [0.25, 0.3) is 5.56 Å². The van der Waals surface area contributed by atoms with E-state index < -0.39 is 0 Å². The highest BCUT2D eigenvalue weighted by Crippen LogP contribution is 2.08. The number of thiazole rings is 1. The van der Waals surface area contributed by atoms with Crippen LogP contribution in [0.3, 0.4) is 0 Å². The zero-order valence-electron chi connectivity index (χ0n) is 13.9. The standard InChI is InChI=1S/C19H19N3O2S/c1-14-4-6-15(7-5-14)11-22-10-2-3-17(19(22)24)21-18(23)9-8-16-12-25-13-20-16/h2-7,10,12-13H,8-9,11H2,1H3,(H,21,23). The van der Waals surface area contributed by atoms with Gasteiger partial charge in [-0.1, -0.05) is 29.8 Å². The maximum absolute atomic E-state index is 12.5.